The second kappa shape index (κ2) is 13.5. The average molecular weight is 361 g/mol. The molecule has 0 heterocycles. The molecule has 3 atom stereocenters. The van der Waals surface area contributed by atoms with Gasteiger partial charge in [0.25, 0.3) is 0 Å². The van der Waals surface area contributed by atoms with Crippen molar-refractivity contribution in [2.45, 2.75) is 65.3 Å². The van der Waals surface area contributed by atoms with Gasteiger partial charge in [-0.1, -0.05) is 13.5 Å². The molecule has 0 radical (unpaired) electrons. The van der Waals surface area contributed by atoms with Crippen molar-refractivity contribution in [3.05, 3.63) is 12.3 Å². The van der Waals surface area contributed by atoms with Crippen LogP contribution in [0.4, 0.5) is 4.79 Å². The summed E-state index contributed by atoms with van der Waals surface area (Å²) in [6.45, 7) is 10.7. The van der Waals surface area contributed by atoms with E-state index in [-0.39, 0.29) is 19.9 Å². The lowest BCUT2D eigenvalue weighted by Gasteiger charge is -2.23. The summed E-state index contributed by atoms with van der Waals surface area (Å²) < 4.78 is 20.5. The van der Waals surface area contributed by atoms with Crippen LogP contribution in [0.25, 0.3) is 0 Å². The van der Waals surface area contributed by atoms with Crippen LogP contribution in [-0.2, 0) is 23.7 Å². The third kappa shape index (κ3) is 14.3. The fraction of sp³-hybridized carbons (Fsp3) is 0.765. The van der Waals surface area contributed by atoms with Gasteiger partial charge in [0.1, 0.15) is 12.2 Å². The van der Waals surface area contributed by atoms with Crippen molar-refractivity contribution in [1.82, 2.24) is 5.32 Å². The average Bonchev–Trinajstić information content (AvgIpc) is 2.49. The second-order valence-corrected chi connectivity index (χ2v) is 5.78. The molecule has 3 unspecified atom stereocenters. The van der Waals surface area contributed by atoms with E-state index in [1.165, 1.54) is 6.92 Å². The molecule has 0 aromatic heterocycles. The third-order valence-corrected chi connectivity index (χ3v) is 3.15. The molecule has 0 aliphatic rings. The van der Waals surface area contributed by atoms with Crippen LogP contribution in [-0.4, -0.2) is 55.4 Å². The highest BCUT2D eigenvalue weighted by molar-refractivity contribution is 5.67. The topological polar surface area (TPSA) is 103 Å². The molecule has 1 amide bonds. The lowest BCUT2D eigenvalue weighted by Crippen LogP contribution is -2.33. The zero-order valence-corrected chi connectivity index (χ0v) is 15.6. The molecule has 0 aliphatic heterocycles. The van der Waals surface area contributed by atoms with Gasteiger partial charge in [-0.2, -0.15) is 0 Å². The van der Waals surface area contributed by atoms with Crippen LogP contribution in [0, 0.1) is 0 Å². The van der Waals surface area contributed by atoms with Gasteiger partial charge >= 0.3 is 12.1 Å². The van der Waals surface area contributed by atoms with Gasteiger partial charge in [0.05, 0.1) is 18.5 Å². The summed E-state index contributed by atoms with van der Waals surface area (Å²) >= 11 is 0. The summed E-state index contributed by atoms with van der Waals surface area (Å²) in [4.78, 5) is 22.8. The van der Waals surface area contributed by atoms with Crippen LogP contribution in [0.3, 0.4) is 0 Å². The number of amides is 1. The lowest BCUT2D eigenvalue weighted by molar-refractivity contribution is -0.149. The second-order valence-electron chi connectivity index (χ2n) is 5.78. The number of aliphatic hydroxyl groups excluding tert-OH is 1. The maximum Gasteiger partial charge on any atom is 0.407 e. The zero-order chi connectivity index (χ0) is 19.2. The highest BCUT2D eigenvalue weighted by atomic mass is 16.7. The summed E-state index contributed by atoms with van der Waals surface area (Å²) in [6, 6.07) is 0. The summed E-state index contributed by atoms with van der Waals surface area (Å²) in [6.07, 6.45) is -0.949. The molecule has 146 valence electrons. The first-order valence-electron chi connectivity index (χ1n) is 8.40. The predicted molar refractivity (Wildman–Crippen MR) is 91.7 cm³/mol. The minimum absolute atomic E-state index is 0.0757. The number of rotatable bonds is 13. The molecule has 0 aromatic carbocycles. The number of ether oxygens (including phenoxy) is 4. The van der Waals surface area contributed by atoms with Gasteiger partial charge in [-0.05, 0) is 20.3 Å². The Morgan fingerprint density at radius 1 is 1.20 bits per heavy atom. The Bertz CT molecular complexity index is 414. The highest BCUT2D eigenvalue weighted by Crippen LogP contribution is 2.14. The van der Waals surface area contributed by atoms with E-state index >= 15 is 0 Å². The van der Waals surface area contributed by atoms with Gasteiger partial charge in [-0.15, -0.1) is 0 Å². The molecule has 0 fully saturated rings. The van der Waals surface area contributed by atoms with Crippen molar-refractivity contribution in [1.29, 1.82) is 0 Å². The molecule has 0 bridgehead atoms. The Morgan fingerprint density at radius 3 is 2.44 bits per heavy atom. The Morgan fingerprint density at radius 2 is 1.88 bits per heavy atom. The van der Waals surface area contributed by atoms with Crippen molar-refractivity contribution in [2.24, 2.45) is 0 Å². The number of carbonyl (C=O) groups is 2. The molecule has 8 heteroatoms. The van der Waals surface area contributed by atoms with Gasteiger partial charge in [-0.25, -0.2) is 4.79 Å². The smallest absolute Gasteiger partial charge is 0.407 e. The molecule has 8 nitrogen and oxygen atoms in total. The largest absolute Gasteiger partial charge is 0.473 e. The number of esters is 1. The molecule has 0 spiro atoms. The summed E-state index contributed by atoms with van der Waals surface area (Å²) in [5.41, 5.74) is 0. The Labute approximate surface area is 149 Å². The summed E-state index contributed by atoms with van der Waals surface area (Å²) in [5.74, 6) is 0.121. The first kappa shape index (κ1) is 23.2. The number of nitrogens with one attached hydrogen (secondary N) is 1. The van der Waals surface area contributed by atoms with Gasteiger partial charge < -0.3 is 29.4 Å². The highest BCUT2D eigenvalue weighted by Gasteiger charge is 2.21. The summed E-state index contributed by atoms with van der Waals surface area (Å²) in [7, 11) is 0. The van der Waals surface area contributed by atoms with E-state index < -0.39 is 30.4 Å². The monoisotopic (exact) mass is 361 g/mol. The molecule has 0 aromatic rings. The first-order chi connectivity index (χ1) is 11.7. The molecule has 0 saturated heterocycles. The van der Waals surface area contributed by atoms with E-state index in [2.05, 4.69) is 11.9 Å². The van der Waals surface area contributed by atoms with E-state index in [9.17, 15) is 14.7 Å². The van der Waals surface area contributed by atoms with Gasteiger partial charge in [0.2, 0.25) is 0 Å². The quantitative estimate of drug-likeness (QED) is 0.224. The standard InChI is InChI=1S/C17H31NO7/c1-6-15(20)10-16(25-14(5)19)9-13(4)24-17(21)18-7-8-22-11-23-12(2)3/h13,15-16,20H,2,6-11H2,1,3-5H3,(H,18,21). The van der Waals surface area contributed by atoms with E-state index in [4.69, 9.17) is 18.9 Å². The molecule has 25 heavy (non-hydrogen) atoms. The van der Waals surface area contributed by atoms with Crippen molar-refractivity contribution >= 4 is 12.1 Å². The number of carbonyl (C=O) groups excluding carboxylic acids is 2. The molecular weight excluding hydrogens is 330 g/mol. The normalized spacial score (nSPS) is 14.1. The van der Waals surface area contributed by atoms with Crippen molar-refractivity contribution in [3.63, 3.8) is 0 Å². The van der Waals surface area contributed by atoms with Crippen LogP contribution in [0.1, 0.15) is 47.0 Å². The lowest BCUT2D eigenvalue weighted by atomic mass is 10.0. The maximum atomic E-state index is 11.7. The maximum absolute atomic E-state index is 11.7. The van der Waals surface area contributed by atoms with Gasteiger partial charge in [0.15, 0.2) is 6.79 Å². The SMILES string of the molecule is C=C(C)OCOCCNC(=O)OC(C)CC(CC(O)CC)OC(C)=O. The fourth-order valence-electron chi connectivity index (χ4n) is 1.97. The molecule has 0 aliphatic carbocycles. The third-order valence-electron chi connectivity index (χ3n) is 3.15. The van der Waals surface area contributed by atoms with Crippen LogP contribution in [0.2, 0.25) is 0 Å². The minimum atomic E-state index is -0.588. The van der Waals surface area contributed by atoms with Crippen LogP contribution in [0.5, 0.6) is 0 Å². The van der Waals surface area contributed by atoms with Crippen LogP contribution in [0.15, 0.2) is 12.3 Å². The van der Waals surface area contributed by atoms with Crippen LogP contribution >= 0.6 is 0 Å². The van der Waals surface area contributed by atoms with Crippen molar-refractivity contribution in [3.8, 4) is 0 Å². The van der Waals surface area contributed by atoms with Crippen molar-refractivity contribution < 1.29 is 33.6 Å². The Kier molecular flexibility index (Phi) is 12.5. The first-order valence-corrected chi connectivity index (χ1v) is 8.40. The van der Waals surface area contributed by atoms with E-state index in [0.29, 0.717) is 25.0 Å². The summed E-state index contributed by atoms with van der Waals surface area (Å²) in [5, 5.41) is 12.3. The number of aliphatic hydroxyl groups is 1. The number of alkyl carbamates (subject to hydrolysis) is 1. The molecule has 2 N–H and O–H groups in total. The van der Waals surface area contributed by atoms with Crippen LogP contribution < -0.4 is 5.32 Å². The molecule has 0 saturated carbocycles. The zero-order valence-electron chi connectivity index (χ0n) is 15.6. The Balaban J connectivity index is 4.05. The predicted octanol–water partition coefficient (Wildman–Crippen LogP) is 2.11. The van der Waals surface area contributed by atoms with Gasteiger partial charge in [-0.3, -0.25) is 4.79 Å². The number of allylic oxidation sites excluding steroid dienone is 1. The number of hydrogen-bond acceptors (Lipinski definition) is 7. The molecular formula is C17H31NO7. The van der Waals surface area contributed by atoms with Gasteiger partial charge in [0, 0.05) is 26.3 Å². The Hall–Kier alpha value is -1.80. The fourth-order valence-corrected chi connectivity index (χ4v) is 1.97. The minimum Gasteiger partial charge on any atom is -0.473 e. The van der Waals surface area contributed by atoms with E-state index in [1.54, 1.807) is 13.8 Å². The van der Waals surface area contributed by atoms with Crippen molar-refractivity contribution in [2.75, 3.05) is 19.9 Å². The van der Waals surface area contributed by atoms with E-state index in [1.807, 2.05) is 6.92 Å². The molecule has 0 rings (SSSR count). The van der Waals surface area contributed by atoms with E-state index in [0.717, 1.165) is 0 Å². The number of hydrogen-bond donors (Lipinski definition) is 2.